The Morgan fingerprint density at radius 1 is 1.64 bits per heavy atom. The molecule has 0 fully saturated rings. The van der Waals surface area contributed by atoms with E-state index in [-0.39, 0.29) is 0 Å². The lowest BCUT2D eigenvalue weighted by atomic mass is 10.5. The molecule has 2 aromatic rings. The molecule has 2 heterocycles. The number of nitrogens with zero attached hydrogens (tertiary/aromatic N) is 3. The largest absolute Gasteiger partial charge is 0.360 e. The Labute approximate surface area is 85.5 Å². The number of aryl methyl sites for hydroxylation is 1. The highest BCUT2D eigenvalue weighted by Gasteiger charge is 1.96. The summed E-state index contributed by atoms with van der Waals surface area (Å²) in [5, 5.41) is 10.8. The maximum absolute atomic E-state index is 4.99. The Bertz CT molecular complexity index is 490. The Morgan fingerprint density at radius 2 is 2.50 bits per heavy atom. The molecule has 0 aromatic carbocycles. The van der Waals surface area contributed by atoms with E-state index in [0.29, 0.717) is 4.77 Å². The molecule has 0 bridgehead atoms. The molecule has 72 valence electrons. The normalized spacial score (nSPS) is 11.2. The summed E-state index contributed by atoms with van der Waals surface area (Å²) in [6, 6.07) is 3.82. The molecule has 0 radical (unpaired) electrons. The number of hydrogen-bond acceptors (Lipinski definition) is 3. The van der Waals surface area contributed by atoms with Crippen LogP contribution in [-0.4, -0.2) is 26.1 Å². The van der Waals surface area contributed by atoms with Crippen LogP contribution in [0.4, 0.5) is 0 Å². The summed E-state index contributed by atoms with van der Waals surface area (Å²) in [6.07, 6.45) is 3.53. The fourth-order valence-electron chi connectivity index (χ4n) is 1.05. The van der Waals surface area contributed by atoms with Crippen molar-refractivity contribution < 1.29 is 0 Å². The first-order valence-corrected chi connectivity index (χ1v) is 4.50. The minimum Gasteiger partial charge on any atom is -0.360 e. The van der Waals surface area contributed by atoms with E-state index in [1.165, 1.54) is 0 Å². The summed E-state index contributed by atoms with van der Waals surface area (Å²) >= 11 is 4.99. The van der Waals surface area contributed by atoms with E-state index in [1.807, 2.05) is 25.3 Å². The van der Waals surface area contributed by atoms with Crippen LogP contribution in [0, 0.1) is 11.7 Å². The zero-order valence-corrected chi connectivity index (χ0v) is 8.38. The van der Waals surface area contributed by atoms with Gasteiger partial charge in [-0.1, -0.05) is 0 Å². The number of rotatable bonds is 2. The van der Waals surface area contributed by atoms with E-state index in [9.17, 15) is 0 Å². The smallest absolute Gasteiger partial charge is 0.216 e. The van der Waals surface area contributed by atoms with Crippen LogP contribution in [0.5, 0.6) is 0 Å². The lowest BCUT2D eigenvalue weighted by molar-refractivity contribution is 0.820. The molecule has 2 rings (SSSR count). The highest BCUT2D eigenvalue weighted by atomic mass is 32.1. The molecule has 0 aliphatic heterocycles. The molecule has 14 heavy (non-hydrogen) atoms. The van der Waals surface area contributed by atoms with E-state index >= 15 is 0 Å². The van der Waals surface area contributed by atoms with Gasteiger partial charge >= 0.3 is 0 Å². The number of aromatic nitrogens is 4. The number of H-pyrrole nitrogens is 2. The summed E-state index contributed by atoms with van der Waals surface area (Å²) in [5.41, 5.74) is 0.924. The summed E-state index contributed by atoms with van der Waals surface area (Å²) < 4.78 is 2.06. The van der Waals surface area contributed by atoms with Gasteiger partial charge in [0.2, 0.25) is 4.77 Å². The molecule has 0 atom stereocenters. The Kier molecular flexibility index (Phi) is 2.28. The zero-order valence-electron chi connectivity index (χ0n) is 7.56. The SMILES string of the molecule is Cc1n[nH]c(=S)n1/N=C\c1ccc[nH]1. The van der Waals surface area contributed by atoms with Crippen molar-refractivity contribution in [3.63, 3.8) is 0 Å². The fraction of sp³-hybridized carbons (Fsp3) is 0.125. The van der Waals surface area contributed by atoms with E-state index in [1.54, 1.807) is 10.9 Å². The van der Waals surface area contributed by atoms with E-state index in [4.69, 9.17) is 12.2 Å². The van der Waals surface area contributed by atoms with Crippen LogP contribution >= 0.6 is 12.2 Å². The van der Waals surface area contributed by atoms with Gasteiger partial charge in [0, 0.05) is 6.20 Å². The Hall–Kier alpha value is -1.69. The van der Waals surface area contributed by atoms with Gasteiger partial charge in [-0.25, -0.2) is 0 Å². The van der Waals surface area contributed by atoms with Gasteiger partial charge in [0.1, 0.15) is 5.82 Å². The maximum Gasteiger partial charge on any atom is 0.216 e. The van der Waals surface area contributed by atoms with Crippen molar-refractivity contribution in [3.8, 4) is 0 Å². The highest BCUT2D eigenvalue weighted by molar-refractivity contribution is 7.71. The zero-order chi connectivity index (χ0) is 9.97. The van der Waals surface area contributed by atoms with Crippen molar-refractivity contribution in [1.29, 1.82) is 0 Å². The van der Waals surface area contributed by atoms with Crippen molar-refractivity contribution in [1.82, 2.24) is 19.9 Å². The van der Waals surface area contributed by atoms with Crippen LogP contribution in [0.1, 0.15) is 11.5 Å². The first kappa shape index (κ1) is 8.89. The lowest BCUT2D eigenvalue weighted by Gasteiger charge is -1.92. The monoisotopic (exact) mass is 207 g/mol. The van der Waals surface area contributed by atoms with Gasteiger partial charge in [0.25, 0.3) is 0 Å². The summed E-state index contributed by atoms with van der Waals surface area (Å²) in [6.45, 7) is 1.83. The predicted octanol–water partition coefficient (Wildman–Crippen LogP) is 1.46. The Morgan fingerprint density at radius 3 is 3.07 bits per heavy atom. The molecule has 5 nitrogen and oxygen atoms in total. The molecule has 0 saturated carbocycles. The topological polar surface area (TPSA) is 61.8 Å². The van der Waals surface area contributed by atoms with Gasteiger partial charge in [-0.15, -0.1) is 0 Å². The first-order valence-electron chi connectivity index (χ1n) is 4.09. The molecule has 0 aliphatic carbocycles. The average molecular weight is 207 g/mol. The second-order valence-corrected chi connectivity index (χ2v) is 3.14. The second kappa shape index (κ2) is 3.59. The molecule has 2 aromatic heterocycles. The van der Waals surface area contributed by atoms with Crippen LogP contribution in [0.3, 0.4) is 0 Å². The molecule has 0 spiro atoms. The van der Waals surface area contributed by atoms with Gasteiger partial charge in [-0.05, 0) is 31.3 Å². The van der Waals surface area contributed by atoms with E-state index < -0.39 is 0 Å². The van der Waals surface area contributed by atoms with E-state index in [0.717, 1.165) is 11.5 Å². The quantitative estimate of drug-likeness (QED) is 0.578. The first-order chi connectivity index (χ1) is 6.77. The summed E-state index contributed by atoms with van der Waals surface area (Å²) in [7, 11) is 0. The second-order valence-electron chi connectivity index (χ2n) is 2.76. The summed E-state index contributed by atoms with van der Waals surface area (Å²) in [4.78, 5) is 3.01. The molecule has 0 amide bonds. The highest BCUT2D eigenvalue weighted by Crippen LogP contribution is 1.96. The minimum absolute atomic E-state index is 0.491. The molecular formula is C8H9N5S. The molecule has 0 unspecified atom stereocenters. The Balaban J connectivity index is 2.31. The lowest BCUT2D eigenvalue weighted by Crippen LogP contribution is -1.93. The molecule has 6 heteroatoms. The van der Waals surface area contributed by atoms with Crippen molar-refractivity contribution in [3.05, 3.63) is 34.6 Å². The van der Waals surface area contributed by atoms with Crippen LogP contribution in [-0.2, 0) is 0 Å². The van der Waals surface area contributed by atoms with Gasteiger partial charge in [0.05, 0.1) is 11.9 Å². The summed E-state index contributed by atoms with van der Waals surface area (Å²) in [5.74, 6) is 0.734. The standard InChI is InChI=1S/C8H9N5S/c1-6-11-12-8(14)13(6)10-5-7-3-2-4-9-7/h2-5,9H,1H3,(H,12,14)/b10-5-. The van der Waals surface area contributed by atoms with Crippen molar-refractivity contribution >= 4 is 18.4 Å². The minimum atomic E-state index is 0.491. The van der Waals surface area contributed by atoms with Crippen LogP contribution < -0.4 is 0 Å². The van der Waals surface area contributed by atoms with Gasteiger partial charge in [-0.3, -0.25) is 5.10 Å². The average Bonchev–Trinajstić information content (AvgIpc) is 2.76. The molecular weight excluding hydrogens is 198 g/mol. The third-order valence-corrected chi connectivity index (χ3v) is 2.01. The fourth-order valence-corrected chi connectivity index (χ4v) is 1.28. The molecule has 0 saturated heterocycles. The predicted molar refractivity (Wildman–Crippen MR) is 55.9 cm³/mol. The number of aromatic amines is 2. The van der Waals surface area contributed by atoms with Crippen LogP contribution in [0.15, 0.2) is 23.4 Å². The molecule has 2 N–H and O–H groups in total. The van der Waals surface area contributed by atoms with Crippen molar-refractivity contribution in [2.24, 2.45) is 5.10 Å². The van der Waals surface area contributed by atoms with Crippen LogP contribution in [0.2, 0.25) is 0 Å². The van der Waals surface area contributed by atoms with Crippen LogP contribution in [0.25, 0.3) is 0 Å². The third kappa shape index (κ3) is 1.64. The van der Waals surface area contributed by atoms with Crippen molar-refractivity contribution in [2.75, 3.05) is 0 Å². The maximum atomic E-state index is 4.99. The third-order valence-electron chi connectivity index (χ3n) is 1.75. The van der Waals surface area contributed by atoms with Crippen molar-refractivity contribution in [2.45, 2.75) is 6.92 Å². The molecule has 0 aliphatic rings. The van der Waals surface area contributed by atoms with Gasteiger partial charge < -0.3 is 4.98 Å². The van der Waals surface area contributed by atoms with E-state index in [2.05, 4.69) is 20.3 Å². The van der Waals surface area contributed by atoms with Gasteiger partial charge in [0.15, 0.2) is 0 Å². The number of nitrogens with one attached hydrogen (secondary N) is 2. The van der Waals surface area contributed by atoms with Gasteiger partial charge in [-0.2, -0.15) is 14.9 Å². The number of hydrogen-bond donors (Lipinski definition) is 2.